The van der Waals surface area contributed by atoms with E-state index in [9.17, 15) is 13.2 Å². The van der Waals surface area contributed by atoms with Crippen molar-refractivity contribution >= 4 is 42.8 Å². The number of amides is 1. The Labute approximate surface area is 163 Å². The summed E-state index contributed by atoms with van der Waals surface area (Å²) in [5.41, 5.74) is 0.867. The highest BCUT2D eigenvalue weighted by atomic mass is 32.2. The molecule has 1 aromatic carbocycles. The number of carbonyl (C=O) groups excluding carboxylic acids is 1. The zero-order valence-corrected chi connectivity index (χ0v) is 17.3. The van der Waals surface area contributed by atoms with E-state index in [1.807, 2.05) is 38.1 Å². The van der Waals surface area contributed by atoms with Crippen molar-refractivity contribution in [3.05, 3.63) is 24.3 Å². The largest absolute Gasteiger partial charge is 0.283 e. The van der Waals surface area contributed by atoms with Crippen LogP contribution in [0.2, 0.25) is 0 Å². The Kier molecular flexibility index (Phi) is 4.74. The van der Waals surface area contributed by atoms with E-state index >= 15 is 0 Å². The van der Waals surface area contributed by atoms with Crippen molar-refractivity contribution in [3.63, 3.8) is 0 Å². The van der Waals surface area contributed by atoms with E-state index < -0.39 is 10.2 Å². The monoisotopic (exact) mass is 408 g/mol. The molecule has 0 saturated carbocycles. The molecule has 2 aromatic rings. The van der Waals surface area contributed by atoms with Crippen LogP contribution in [0, 0.1) is 5.92 Å². The average Bonchev–Trinajstić information content (AvgIpc) is 3.30. The number of fused-ring (bicyclic) bond motifs is 2. The summed E-state index contributed by atoms with van der Waals surface area (Å²) < 4.78 is 30.0. The van der Waals surface area contributed by atoms with Gasteiger partial charge in [-0.2, -0.15) is 17.0 Å². The number of carbonyl (C=O) groups is 1. The summed E-state index contributed by atoms with van der Waals surface area (Å²) in [5.74, 6) is -0.420. The van der Waals surface area contributed by atoms with Crippen LogP contribution in [0.25, 0.3) is 10.2 Å². The Balaban J connectivity index is 1.68. The third-order valence-corrected chi connectivity index (χ3v) is 8.59. The van der Waals surface area contributed by atoms with Crippen LogP contribution in [0.5, 0.6) is 0 Å². The van der Waals surface area contributed by atoms with Gasteiger partial charge in [-0.3, -0.25) is 9.69 Å². The van der Waals surface area contributed by atoms with Crippen molar-refractivity contribution in [1.29, 1.82) is 0 Å². The zero-order valence-electron chi connectivity index (χ0n) is 15.7. The molecule has 9 heteroatoms. The molecule has 2 saturated heterocycles. The molecule has 4 rings (SSSR count). The van der Waals surface area contributed by atoms with Crippen LogP contribution < -0.4 is 4.90 Å². The number of hydrogen-bond acceptors (Lipinski definition) is 5. The predicted molar refractivity (Wildman–Crippen MR) is 107 cm³/mol. The fraction of sp³-hybridized carbons (Fsp3) is 0.556. The van der Waals surface area contributed by atoms with Crippen molar-refractivity contribution in [3.8, 4) is 0 Å². The van der Waals surface area contributed by atoms with Gasteiger partial charge in [-0.1, -0.05) is 37.3 Å². The molecule has 1 aromatic heterocycles. The van der Waals surface area contributed by atoms with Gasteiger partial charge in [0.15, 0.2) is 5.13 Å². The van der Waals surface area contributed by atoms with Gasteiger partial charge in [0.1, 0.15) is 0 Å². The van der Waals surface area contributed by atoms with Crippen LogP contribution in [0.3, 0.4) is 0 Å². The molecular formula is C18H24N4O3S2. The molecule has 0 N–H and O–H groups in total. The van der Waals surface area contributed by atoms with Crippen LogP contribution >= 0.6 is 11.3 Å². The summed E-state index contributed by atoms with van der Waals surface area (Å²) in [6, 6.07) is 7.31. The molecule has 0 unspecified atom stereocenters. The Morgan fingerprint density at radius 1 is 1.33 bits per heavy atom. The van der Waals surface area contributed by atoms with E-state index in [4.69, 9.17) is 0 Å². The number of nitrogens with zero attached hydrogens (tertiary/aromatic N) is 4. The van der Waals surface area contributed by atoms with Crippen LogP contribution in [-0.2, 0) is 15.0 Å². The van der Waals surface area contributed by atoms with Crippen molar-refractivity contribution in [2.24, 2.45) is 5.92 Å². The number of thiazole rings is 1. The molecule has 0 bridgehead atoms. The van der Waals surface area contributed by atoms with Crippen LogP contribution in [0.4, 0.5) is 5.13 Å². The van der Waals surface area contributed by atoms with Crippen molar-refractivity contribution in [2.45, 2.75) is 38.8 Å². The van der Waals surface area contributed by atoms with E-state index in [0.29, 0.717) is 24.6 Å². The van der Waals surface area contributed by atoms with Gasteiger partial charge in [-0.15, -0.1) is 0 Å². The first-order valence-electron chi connectivity index (χ1n) is 9.28. The van der Waals surface area contributed by atoms with E-state index in [0.717, 1.165) is 16.6 Å². The standard InChI is InChI=1S/C18H24N4O3S2/c1-4-10-20(3)27(24,25)21-11-9-14-16(21)12(2)17(23)22(14)18-19-13-7-5-6-8-15(13)26-18/h5-8,12,14,16H,4,9-11H2,1-3H3/t12-,14-,16+/m0/s1. The molecule has 0 radical (unpaired) electrons. The Bertz CT molecular complexity index is 941. The third-order valence-electron chi connectivity index (χ3n) is 5.56. The van der Waals surface area contributed by atoms with Gasteiger partial charge in [-0.05, 0) is 25.0 Å². The van der Waals surface area contributed by atoms with Gasteiger partial charge in [-0.25, -0.2) is 4.98 Å². The maximum atomic E-state index is 13.0. The maximum Gasteiger partial charge on any atom is 0.282 e. The lowest BCUT2D eigenvalue weighted by Gasteiger charge is -2.29. The van der Waals surface area contributed by atoms with E-state index in [2.05, 4.69) is 4.98 Å². The second kappa shape index (κ2) is 6.80. The van der Waals surface area contributed by atoms with Gasteiger partial charge in [0.25, 0.3) is 10.2 Å². The van der Waals surface area contributed by atoms with Crippen molar-refractivity contribution < 1.29 is 13.2 Å². The molecule has 2 fully saturated rings. The third kappa shape index (κ3) is 2.88. The summed E-state index contributed by atoms with van der Waals surface area (Å²) in [6.45, 7) is 4.70. The summed E-state index contributed by atoms with van der Waals surface area (Å²) in [4.78, 5) is 19.4. The molecule has 3 atom stereocenters. The molecule has 146 valence electrons. The number of para-hydroxylation sites is 1. The average molecular weight is 409 g/mol. The second-order valence-corrected chi connectivity index (χ2v) is 10.2. The molecule has 7 nitrogen and oxygen atoms in total. The highest BCUT2D eigenvalue weighted by Gasteiger charge is 2.56. The minimum absolute atomic E-state index is 0.0397. The molecule has 2 aliphatic heterocycles. The van der Waals surface area contributed by atoms with Gasteiger partial charge < -0.3 is 0 Å². The fourth-order valence-electron chi connectivity index (χ4n) is 4.24. The van der Waals surface area contributed by atoms with Crippen LogP contribution in [0.1, 0.15) is 26.7 Å². The Hall–Kier alpha value is -1.55. The first kappa shape index (κ1) is 18.8. The highest BCUT2D eigenvalue weighted by Crippen LogP contribution is 2.42. The van der Waals surface area contributed by atoms with Crippen molar-refractivity contribution in [1.82, 2.24) is 13.6 Å². The van der Waals surface area contributed by atoms with Crippen molar-refractivity contribution in [2.75, 3.05) is 25.0 Å². The highest BCUT2D eigenvalue weighted by molar-refractivity contribution is 7.86. The Morgan fingerprint density at radius 2 is 2.07 bits per heavy atom. The lowest BCUT2D eigenvalue weighted by atomic mass is 10.0. The minimum Gasteiger partial charge on any atom is -0.283 e. The lowest BCUT2D eigenvalue weighted by molar-refractivity contribution is -0.120. The lowest BCUT2D eigenvalue weighted by Crippen LogP contribution is -2.48. The minimum atomic E-state index is -3.57. The number of hydrogen-bond donors (Lipinski definition) is 0. The molecule has 0 spiro atoms. The number of benzene rings is 1. The smallest absolute Gasteiger partial charge is 0.282 e. The molecular weight excluding hydrogens is 384 g/mol. The van der Waals surface area contributed by atoms with Crippen LogP contribution in [0.15, 0.2) is 24.3 Å². The van der Waals surface area contributed by atoms with Gasteiger partial charge in [0, 0.05) is 20.1 Å². The summed E-state index contributed by atoms with van der Waals surface area (Å²) in [7, 11) is -1.96. The molecule has 1 amide bonds. The quantitative estimate of drug-likeness (QED) is 0.761. The van der Waals surface area contributed by atoms with Gasteiger partial charge >= 0.3 is 0 Å². The predicted octanol–water partition coefficient (Wildman–Crippen LogP) is 2.31. The fourth-order valence-corrected chi connectivity index (χ4v) is 7.01. The summed E-state index contributed by atoms with van der Waals surface area (Å²) in [5, 5.41) is 0.668. The van der Waals surface area contributed by atoms with E-state index in [1.165, 1.54) is 19.9 Å². The van der Waals surface area contributed by atoms with Crippen LogP contribution in [-0.4, -0.2) is 60.1 Å². The van der Waals surface area contributed by atoms with E-state index in [1.54, 1.807) is 11.9 Å². The number of rotatable bonds is 5. The number of anilines is 1. The van der Waals surface area contributed by atoms with Gasteiger partial charge in [0.2, 0.25) is 5.91 Å². The first-order valence-corrected chi connectivity index (χ1v) is 11.5. The first-order chi connectivity index (χ1) is 12.9. The molecule has 3 heterocycles. The van der Waals surface area contributed by atoms with Gasteiger partial charge in [0.05, 0.1) is 28.2 Å². The molecule has 2 aliphatic rings. The number of aromatic nitrogens is 1. The van der Waals surface area contributed by atoms with E-state index in [-0.39, 0.29) is 23.9 Å². The topological polar surface area (TPSA) is 73.8 Å². The Morgan fingerprint density at radius 3 is 2.78 bits per heavy atom. The second-order valence-electron chi connectivity index (χ2n) is 7.25. The SMILES string of the molecule is CCCN(C)S(=O)(=O)N1CC[C@H]2[C@H]1[C@H](C)C(=O)N2c1nc2ccccc2s1. The maximum absolute atomic E-state index is 13.0. The zero-order chi connectivity index (χ0) is 19.3. The summed E-state index contributed by atoms with van der Waals surface area (Å²) >= 11 is 1.49. The summed E-state index contributed by atoms with van der Waals surface area (Å²) in [6.07, 6.45) is 1.39. The molecule has 0 aliphatic carbocycles. The molecule has 27 heavy (non-hydrogen) atoms. The normalized spacial score (nSPS) is 26.4.